The maximum Gasteiger partial charge on any atom is 0.296 e. The first-order valence-electron chi connectivity index (χ1n) is 3.24. The molecule has 0 radical (unpaired) electrons. The van der Waals surface area contributed by atoms with E-state index >= 15 is 0 Å². The van der Waals surface area contributed by atoms with E-state index < -0.39 is 10.1 Å². The minimum Gasteiger partial charge on any atom is -0.282 e. The number of nitrogens with zero attached hydrogens (tertiary/aromatic N) is 2. The van der Waals surface area contributed by atoms with Crippen molar-refractivity contribution in [3.05, 3.63) is 23.1 Å². The van der Waals surface area contributed by atoms with Crippen molar-refractivity contribution >= 4 is 53.8 Å². The molecule has 0 amide bonds. The molecule has 1 rings (SSSR count). The zero-order valence-electron chi connectivity index (χ0n) is 6.55. The molecule has 0 unspecified atom stereocenters. The van der Waals surface area contributed by atoms with Crippen LogP contribution in [0, 0.1) is 0 Å². The fourth-order valence-electron chi connectivity index (χ4n) is 0.832. The molecular formula is C6H4Br2N2O3S. The van der Waals surface area contributed by atoms with Gasteiger partial charge in [0.25, 0.3) is 10.1 Å². The second-order valence-electron chi connectivity index (χ2n) is 2.30. The zero-order valence-corrected chi connectivity index (χ0v) is 10.5. The predicted octanol–water partition coefficient (Wildman–Crippen LogP) is 1.83. The van der Waals surface area contributed by atoms with Crippen molar-refractivity contribution in [1.82, 2.24) is 0 Å². The van der Waals surface area contributed by atoms with Gasteiger partial charge < -0.3 is 0 Å². The van der Waals surface area contributed by atoms with Gasteiger partial charge in [0.05, 0.1) is 43.7 Å². The van der Waals surface area contributed by atoms with Crippen LogP contribution in [0.15, 0.2) is 31.2 Å². The van der Waals surface area contributed by atoms with Crippen molar-refractivity contribution in [3.63, 3.8) is 0 Å². The molecule has 0 heterocycles. The lowest BCUT2D eigenvalue weighted by Crippen LogP contribution is -2.15. The number of hydrogen-bond acceptors (Lipinski definition) is 4. The van der Waals surface area contributed by atoms with Crippen LogP contribution in [0.1, 0.15) is 0 Å². The van der Waals surface area contributed by atoms with Crippen molar-refractivity contribution in [2.45, 2.75) is 0 Å². The summed E-state index contributed by atoms with van der Waals surface area (Å²) in [5.41, 5.74) is 0.491. The molecule has 76 valence electrons. The quantitative estimate of drug-likeness (QED) is 0.582. The Morgan fingerprint density at radius 3 is 2.29 bits per heavy atom. The number of halogens is 2. The molecule has 0 aromatic carbocycles. The Balaban J connectivity index is 3.31. The summed E-state index contributed by atoms with van der Waals surface area (Å²) in [7, 11) is -4.28. The molecule has 5 nitrogen and oxygen atoms in total. The van der Waals surface area contributed by atoms with Crippen molar-refractivity contribution in [3.8, 4) is 0 Å². The topological polar surface area (TPSA) is 79.1 Å². The average molecular weight is 344 g/mol. The van der Waals surface area contributed by atoms with Gasteiger partial charge in [-0.2, -0.15) is 8.42 Å². The van der Waals surface area contributed by atoms with Gasteiger partial charge in [-0.1, -0.05) is 0 Å². The fraction of sp³-hybridized carbons (Fsp3) is 0. The molecule has 0 saturated carbocycles. The summed E-state index contributed by atoms with van der Waals surface area (Å²) in [4.78, 5) is -0.296. The van der Waals surface area contributed by atoms with Crippen LogP contribution in [0.4, 0.5) is 0 Å². The van der Waals surface area contributed by atoms with E-state index in [1.54, 1.807) is 6.08 Å². The van der Waals surface area contributed by atoms with E-state index in [4.69, 9.17) is 4.55 Å². The van der Waals surface area contributed by atoms with E-state index in [0.717, 1.165) is 0 Å². The molecule has 0 aromatic heterocycles. The maximum atomic E-state index is 10.9. The van der Waals surface area contributed by atoms with Gasteiger partial charge in [0.1, 0.15) is 4.91 Å². The Morgan fingerprint density at radius 2 is 1.86 bits per heavy atom. The van der Waals surface area contributed by atoms with Crippen LogP contribution in [-0.4, -0.2) is 24.4 Å². The monoisotopic (exact) mass is 342 g/mol. The molecular weight excluding hydrogens is 340 g/mol. The fourth-order valence-corrected chi connectivity index (χ4v) is 2.13. The van der Waals surface area contributed by atoms with Crippen molar-refractivity contribution in [2.24, 2.45) is 8.04 Å². The first-order chi connectivity index (χ1) is 6.49. The van der Waals surface area contributed by atoms with E-state index in [0.29, 0.717) is 5.71 Å². The summed E-state index contributed by atoms with van der Waals surface area (Å²) < 4.78 is 37.8. The predicted molar refractivity (Wildman–Crippen MR) is 61.5 cm³/mol. The van der Waals surface area contributed by atoms with Crippen molar-refractivity contribution < 1.29 is 13.0 Å². The van der Waals surface area contributed by atoms with Gasteiger partial charge in [-0.3, -0.25) is 4.55 Å². The standard InChI is InChI=1S/C6H4Br2N2O3S/c7-9-4-1-2-5(10-8)6(3-4)14(11,12)13/h1-3H,(H,11,12,13)/b9-4+,10-5+. The molecule has 1 aliphatic rings. The average Bonchev–Trinajstić information content (AvgIpc) is 2.15. The van der Waals surface area contributed by atoms with Crippen molar-refractivity contribution in [1.29, 1.82) is 0 Å². The van der Waals surface area contributed by atoms with Gasteiger partial charge >= 0.3 is 0 Å². The van der Waals surface area contributed by atoms with Crippen LogP contribution in [0.25, 0.3) is 0 Å². The largest absolute Gasteiger partial charge is 0.296 e. The molecule has 0 fully saturated rings. The third-order valence-corrected chi connectivity index (χ3v) is 3.08. The van der Waals surface area contributed by atoms with Gasteiger partial charge in [-0.25, -0.2) is 8.04 Å². The molecule has 0 saturated heterocycles. The smallest absolute Gasteiger partial charge is 0.282 e. The molecule has 8 heteroatoms. The van der Waals surface area contributed by atoms with Gasteiger partial charge in [0, 0.05) is 0 Å². The minimum absolute atomic E-state index is 0.118. The third-order valence-electron chi connectivity index (χ3n) is 1.41. The highest BCUT2D eigenvalue weighted by Gasteiger charge is 2.21. The summed E-state index contributed by atoms with van der Waals surface area (Å²) in [5.74, 6) is 0. The van der Waals surface area contributed by atoms with Gasteiger partial charge in [-0.15, -0.1) is 0 Å². The lowest BCUT2D eigenvalue weighted by Gasteiger charge is -2.07. The summed E-state index contributed by atoms with van der Waals surface area (Å²) in [5, 5.41) is 0. The Morgan fingerprint density at radius 1 is 1.21 bits per heavy atom. The minimum atomic E-state index is -4.28. The number of hydrogen-bond donors (Lipinski definition) is 1. The highest BCUT2D eigenvalue weighted by atomic mass is 79.9. The molecule has 0 atom stereocenters. The zero-order chi connectivity index (χ0) is 10.8. The molecule has 1 aliphatic carbocycles. The lowest BCUT2D eigenvalue weighted by atomic mass is 10.1. The maximum absolute atomic E-state index is 10.9. The van der Waals surface area contributed by atoms with E-state index in [2.05, 4.69) is 40.3 Å². The van der Waals surface area contributed by atoms with E-state index in [-0.39, 0.29) is 10.6 Å². The Hall–Kier alpha value is -0.310. The van der Waals surface area contributed by atoms with Gasteiger partial charge in [0.15, 0.2) is 0 Å². The highest BCUT2D eigenvalue weighted by molar-refractivity contribution is 9.08. The van der Waals surface area contributed by atoms with Crippen LogP contribution in [-0.2, 0) is 10.1 Å². The Bertz CT molecular complexity index is 461. The Kier molecular flexibility index (Phi) is 3.76. The highest BCUT2D eigenvalue weighted by Crippen LogP contribution is 2.15. The van der Waals surface area contributed by atoms with Crippen LogP contribution < -0.4 is 0 Å². The molecule has 0 bridgehead atoms. The summed E-state index contributed by atoms with van der Waals surface area (Å²) in [6.45, 7) is 0. The van der Waals surface area contributed by atoms with Crippen LogP contribution in [0.2, 0.25) is 0 Å². The third kappa shape index (κ3) is 2.59. The first kappa shape index (κ1) is 11.8. The summed E-state index contributed by atoms with van der Waals surface area (Å²) in [6, 6.07) is 0. The van der Waals surface area contributed by atoms with E-state index in [1.165, 1.54) is 12.2 Å². The van der Waals surface area contributed by atoms with Crippen LogP contribution >= 0.6 is 32.3 Å². The number of rotatable bonds is 1. The van der Waals surface area contributed by atoms with Gasteiger partial charge in [-0.05, 0) is 18.2 Å². The summed E-state index contributed by atoms with van der Waals surface area (Å²) >= 11 is 5.57. The second-order valence-corrected chi connectivity index (χ2v) is 4.40. The molecule has 0 spiro atoms. The van der Waals surface area contributed by atoms with E-state index in [9.17, 15) is 8.42 Å². The molecule has 0 aliphatic heterocycles. The SMILES string of the molecule is O=S(=O)(O)C1=CC(=N/Br)/C=CC/1=N\Br. The normalized spacial score (nSPS) is 22.9. The Labute approximate surface area is 97.8 Å². The van der Waals surface area contributed by atoms with Gasteiger partial charge in [0.2, 0.25) is 0 Å². The molecule has 1 N–H and O–H groups in total. The van der Waals surface area contributed by atoms with Crippen molar-refractivity contribution in [2.75, 3.05) is 0 Å². The molecule has 0 aromatic rings. The summed E-state index contributed by atoms with van der Waals surface area (Å²) in [6.07, 6.45) is 4.16. The second kappa shape index (κ2) is 4.47. The molecule has 14 heavy (non-hydrogen) atoms. The number of allylic oxidation sites excluding steroid dienone is 4. The van der Waals surface area contributed by atoms with E-state index in [1.807, 2.05) is 0 Å². The van der Waals surface area contributed by atoms with Crippen LogP contribution in [0.5, 0.6) is 0 Å². The lowest BCUT2D eigenvalue weighted by molar-refractivity contribution is 0.493. The van der Waals surface area contributed by atoms with Crippen LogP contribution in [0.3, 0.4) is 0 Å². The first-order valence-corrected chi connectivity index (χ1v) is 6.10.